The molecular formula is C13H14N2O2. The number of nitrogens with one attached hydrogen (secondary N) is 1. The third kappa shape index (κ3) is 3.40. The van der Waals surface area contributed by atoms with E-state index in [1.54, 1.807) is 12.9 Å². The summed E-state index contributed by atoms with van der Waals surface area (Å²) >= 11 is 0. The number of allylic oxidation sites excluding steroid dienone is 1. The lowest BCUT2D eigenvalue weighted by Crippen LogP contribution is -2.04. The molecule has 0 saturated heterocycles. The molecule has 0 aromatic heterocycles. The molecule has 17 heavy (non-hydrogen) atoms. The summed E-state index contributed by atoms with van der Waals surface area (Å²) < 4.78 is 0. The van der Waals surface area contributed by atoms with Gasteiger partial charge in [0.15, 0.2) is 0 Å². The number of hydrogen-bond acceptors (Lipinski definition) is 4. The first-order valence-electron chi connectivity index (χ1n) is 5.29. The quantitative estimate of drug-likeness (QED) is 0.374. The Balaban J connectivity index is 3.06. The highest BCUT2D eigenvalue weighted by molar-refractivity contribution is 5.97. The van der Waals surface area contributed by atoms with Gasteiger partial charge in [0.05, 0.1) is 0 Å². The van der Waals surface area contributed by atoms with Gasteiger partial charge in [0.2, 0.25) is 0 Å². The van der Waals surface area contributed by atoms with Crippen LogP contribution in [0.15, 0.2) is 41.1 Å². The number of carbonyl (C=O) groups is 1. The zero-order chi connectivity index (χ0) is 12.7. The van der Waals surface area contributed by atoms with Crippen LogP contribution in [0.4, 0.5) is 0 Å². The van der Waals surface area contributed by atoms with Crippen molar-refractivity contribution in [1.29, 1.82) is 5.41 Å². The fourth-order valence-corrected chi connectivity index (χ4v) is 1.58. The summed E-state index contributed by atoms with van der Waals surface area (Å²) in [5, 5.41) is 9.58. The topological polar surface area (TPSA) is 62.5 Å². The maximum atomic E-state index is 11.6. The number of carbonyl (C=O) groups excluding carboxylic acids is 1. The van der Waals surface area contributed by atoms with Crippen molar-refractivity contribution >= 4 is 17.6 Å². The zero-order valence-corrected chi connectivity index (χ0v) is 9.86. The number of nitrogens with zero attached hydrogens (tertiary/aromatic N) is 1. The average molecular weight is 230 g/mol. The summed E-state index contributed by atoms with van der Waals surface area (Å²) in [5.41, 5.74) is 2.40. The molecule has 4 heteroatoms. The van der Waals surface area contributed by atoms with Gasteiger partial charge in [0.1, 0.15) is 6.01 Å². The van der Waals surface area contributed by atoms with Crippen molar-refractivity contribution in [3.8, 4) is 0 Å². The van der Waals surface area contributed by atoms with Crippen LogP contribution in [0, 0.1) is 5.41 Å². The van der Waals surface area contributed by atoms with E-state index in [4.69, 9.17) is 5.41 Å². The van der Waals surface area contributed by atoms with Gasteiger partial charge in [-0.25, -0.2) is 10.2 Å². The van der Waals surface area contributed by atoms with E-state index in [1.807, 2.05) is 37.3 Å². The number of benzene rings is 1. The van der Waals surface area contributed by atoms with Crippen molar-refractivity contribution in [1.82, 2.24) is 0 Å². The smallest absolute Gasteiger partial charge is 0.303 e. The normalized spacial score (nSPS) is 11.2. The van der Waals surface area contributed by atoms with E-state index in [0.717, 1.165) is 17.6 Å². The van der Waals surface area contributed by atoms with E-state index in [2.05, 4.69) is 9.99 Å². The van der Waals surface area contributed by atoms with Crippen LogP contribution in [0.2, 0.25) is 0 Å². The Morgan fingerprint density at radius 3 is 2.59 bits per heavy atom. The maximum absolute atomic E-state index is 11.6. The van der Waals surface area contributed by atoms with Crippen molar-refractivity contribution in [2.24, 2.45) is 5.16 Å². The zero-order valence-electron chi connectivity index (χ0n) is 9.86. The minimum atomic E-state index is -0.551. The summed E-state index contributed by atoms with van der Waals surface area (Å²) in [6, 6.07) is 11.3. The highest BCUT2D eigenvalue weighted by Gasteiger charge is 2.12. The molecule has 88 valence electrons. The minimum Gasteiger partial charge on any atom is -0.303 e. The van der Waals surface area contributed by atoms with E-state index in [9.17, 15) is 4.79 Å². The Morgan fingerprint density at radius 1 is 1.41 bits per heavy atom. The van der Waals surface area contributed by atoms with Crippen LogP contribution in [0.1, 0.15) is 25.8 Å². The van der Waals surface area contributed by atoms with Crippen LogP contribution in [0.25, 0.3) is 5.57 Å². The predicted molar refractivity (Wildman–Crippen MR) is 65.6 cm³/mol. The summed E-state index contributed by atoms with van der Waals surface area (Å²) in [5.74, 6) is -0.551. The Morgan fingerprint density at radius 2 is 2.06 bits per heavy atom. The van der Waals surface area contributed by atoms with E-state index >= 15 is 0 Å². The standard InChI is InChI=1S/C13H14N2O2/c1-3-12(11-7-5-4-6-8-11)10(2)13(16)17-15-9-14/h4-8,14H,3H2,1-2H3. The van der Waals surface area contributed by atoms with E-state index in [1.165, 1.54) is 0 Å². The first kappa shape index (κ1) is 12.9. The van der Waals surface area contributed by atoms with Crippen LogP contribution in [-0.2, 0) is 9.63 Å². The van der Waals surface area contributed by atoms with Crippen LogP contribution >= 0.6 is 0 Å². The molecule has 1 N–H and O–H groups in total. The van der Waals surface area contributed by atoms with Gasteiger partial charge in [-0.3, -0.25) is 0 Å². The summed E-state index contributed by atoms with van der Waals surface area (Å²) in [4.78, 5) is 16.1. The number of hydrogen-bond donors (Lipinski definition) is 1. The molecular weight excluding hydrogens is 216 g/mol. The second kappa shape index (κ2) is 6.40. The van der Waals surface area contributed by atoms with Crippen LogP contribution in [0.3, 0.4) is 0 Å². The lowest BCUT2D eigenvalue weighted by atomic mass is 9.98. The molecule has 0 fully saturated rings. The van der Waals surface area contributed by atoms with Gasteiger partial charge in [-0.05, 0) is 29.6 Å². The van der Waals surface area contributed by atoms with Crippen LogP contribution in [-0.4, -0.2) is 12.0 Å². The molecule has 0 heterocycles. The fourth-order valence-electron chi connectivity index (χ4n) is 1.58. The highest BCUT2D eigenvalue weighted by Crippen LogP contribution is 2.22. The molecule has 0 bridgehead atoms. The molecule has 0 amide bonds. The summed E-state index contributed by atoms with van der Waals surface area (Å²) in [6.45, 7) is 3.66. The van der Waals surface area contributed by atoms with Crippen molar-refractivity contribution in [2.75, 3.05) is 0 Å². The van der Waals surface area contributed by atoms with Crippen molar-refractivity contribution in [2.45, 2.75) is 20.3 Å². The molecule has 1 aromatic rings. The molecule has 0 atom stereocenters. The Kier molecular flexibility index (Phi) is 4.85. The number of rotatable bonds is 4. The summed E-state index contributed by atoms with van der Waals surface area (Å²) in [6.07, 6.45) is 0.721. The lowest BCUT2D eigenvalue weighted by Gasteiger charge is -2.08. The Labute approximate surface area is 100 Å². The molecule has 0 radical (unpaired) electrons. The fraction of sp³-hybridized carbons (Fsp3) is 0.231. The monoisotopic (exact) mass is 230 g/mol. The second-order valence-corrected chi connectivity index (χ2v) is 3.40. The molecule has 0 spiro atoms. The third-order valence-corrected chi connectivity index (χ3v) is 2.41. The Hall–Kier alpha value is -2.19. The van der Waals surface area contributed by atoms with Gasteiger partial charge >= 0.3 is 5.97 Å². The molecule has 0 aliphatic heterocycles. The van der Waals surface area contributed by atoms with Gasteiger partial charge in [-0.1, -0.05) is 37.3 Å². The van der Waals surface area contributed by atoms with E-state index in [0.29, 0.717) is 5.57 Å². The maximum Gasteiger partial charge on any atom is 0.362 e. The molecule has 0 aliphatic rings. The van der Waals surface area contributed by atoms with Crippen molar-refractivity contribution in [3.05, 3.63) is 41.5 Å². The van der Waals surface area contributed by atoms with Crippen molar-refractivity contribution < 1.29 is 9.63 Å². The summed E-state index contributed by atoms with van der Waals surface area (Å²) in [7, 11) is 0. The first-order chi connectivity index (χ1) is 8.20. The Bertz CT molecular complexity index is 471. The molecule has 0 saturated carbocycles. The van der Waals surface area contributed by atoms with Crippen LogP contribution < -0.4 is 0 Å². The minimum absolute atomic E-state index is 0.498. The highest BCUT2D eigenvalue weighted by atomic mass is 16.7. The van der Waals surface area contributed by atoms with Gasteiger partial charge < -0.3 is 4.84 Å². The van der Waals surface area contributed by atoms with Gasteiger partial charge in [0.25, 0.3) is 0 Å². The first-order valence-corrected chi connectivity index (χ1v) is 5.29. The molecule has 1 rings (SSSR count). The van der Waals surface area contributed by atoms with E-state index in [-0.39, 0.29) is 0 Å². The van der Waals surface area contributed by atoms with Gasteiger partial charge in [-0.2, -0.15) is 0 Å². The molecule has 1 aromatic carbocycles. The van der Waals surface area contributed by atoms with Crippen LogP contribution in [0.5, 0.6) is 0 Å². The third-order valence-electron chi connectivity index (χ3n) is 2.41. The van der Waals surface area contributed by atoms with E-state index < -0.39 is 5.97 Å². The SMILES string of the molecule is CCC(=C(C)C(=O)ON=C=N)c1ccccc1. The largest absolute Gasteiger partial charge is 0.362 e. The average Bonchev–Trinajstić information content (AvgIpc) is 2.38. The van der Waals surface area contributed by atoms with Gasteiger partial charge in [-0.15, -0.1) is 0 Å². The van der Waals surface area contributed by atoms with Gasteiger partial charge in [0, 0.05) is 5.57 Å². The second-order valence-electron chi connectivity index (χ2n) is 3.40. The molecule has 4 nitrogen and oxygen atoms in total. The predicted octanol–water partition coefficient (Wildman–Crippen LogP) is 3.08. The lowest BCUT2D eigenvalue weighted by molar-refractivity contribution is -0.138. The van der Waals surface area contributed by atoms with Crippen molar-refractivity contribution in [3.63, 3.8) is 0 Å². The molecule has 0 unspecified atom stereocenters. The molecule has 0 aliphatic carbocycles.